The average Bonchev–Trinajstić information content (AvgIpc) is 2.42. The van der Waals surface area contributed by atoms with Crippen LogP contribution < -0.4 is 5.32 Å². The number of carbonyl (C=O) groups is 1. The number of anilines is 1. The first kappa shape index (κ1) is 15.4. The lowest BCUT2D eigenvalue weighted by Crippen LogP contribution is -2.32. The SMILES string of the molecule is CCOCC(Nc1ncncc1C(=O)OC)C(C)C. The van der Waals surface area contributed by atoms with Crippen LogP contribution in [0.5, 0.6) is 0 Å². The Morgan fingerprint density at radius 2 is 2.21 bits per heavy atom. The molecule has 0 saturated heterocycles. The highest BCUT2D eigenvalue weighted by atomic mass is 16.5. The molecule has 0 saturated carbocycles. The molecule has 1 unspecified atom stereocenters. The predicted octanol–water partition coefficient (Wildman–Crippen LogP) is 1.74. The monoisotopic (exact) mass is 267 g/mol. The number of methoxy groups -OCH3 is 1. The second kappa shape index (κ2) is 7.68. The molecule has 0 aliphatic carbocycles. The third kappa shape index (κ3) is 4.48. The third-order valence-corrected chi connectivity index (χ3v) is 2.75. The second-order valence-corrected chi connectivity index (χ2v) is 4.43. The fraction of sp³-hybridized carbons (Fsp3) is 0.615. The molecule has 1 atom stereocenters. The van der Waals surface area contributed by atoms with E-state index < -0.39 is 5.97 Å². The number of nitrogens with zero attached hydrogens (tertiary/aromatic N) is 2. The van der Waals surface area contributed by atoms with E-state index in [0.717, 1.165) is 0 Å². The number of hydrogen-bond acceptors (Lipinski definition) is 6. The van der Waals surface area contributed by atoms with Gasteiger partial charge in [-0.05, 0) is 12.8 Å². The summed E-state index contributed by atoms with van der Waals surface area (Å²) in [6.45, 7) is 7.31. The summed E-state index contributed by atoms with van der Waals surface area (Å²) in [6.07, 6.45) is 2.84. The van der Waals surface area contributed by atoms with Gasteiger partial charge in [0.2, 0.25) is 0 Å². The molecule has 0 spiro atoms. The Hall–Kier alpha value is -1.69. The Bertz CT molecular complexity index is 410. The molecule has 1 N–H and O–H groups in total. The normalized spacial score (nSPS) is 12.3. The molecule has 1 heterocycles. The first-order chi connectivity index (χ1) is 9.10. The summed E-state index contributed by atoms with van der Waals surface area (Å²) in [6, 6.07) is 0.0678. The molecule has 0 amide bonds. The fourth-order valence-corrected chi connectivity index (χ4v) is 1.53. The Morgan fingerprint density at radius 1 is 1.47 bits per heavy atom. The van der Waals surface area contributed by atoms with Gasteiger partial charge in [-0.2, -0.15) is 0 Å². The Labute approximate surface area is 113 Å². The number of rotatable bonds is 7. The predicted molar refractivity (Wildman–Crippen MR) is 72.1 cm³/mol. The largest absolute Gasteiger partial charge is 0.465 e. The molecular formula is C13H21N3O3. The van der Waals surface area contributed by atoms with E-state index in [9.17, 15) is 4.79 Å². The van der Waals surface area contributed by atoms with E-state index in [-0.39, 0.29) is 6.04 Å². The summed E-state index contributed by atoms with van der Waals surface area (Å²) in [4.78, 5) is 19.6. The summed E-state index contributed by atoms with van der Waals surface area (Å²) in [7, 11) is 1.33. The van der Waals surface area contributed by atoms with Crippen LogP contribution >= 0.6 is 0 Å². The number of carbonyl (C=O) groups excluding carboxylic acids is 1. The van der Waals surface area contributed by atoms with E-state index in [4.69, 9.17) is 9.47 Å². The molecule has 1 aromatic heterocycles. The van der Waals surface area contributed by atoms with Crippen LogP contribution in [0.15, 0.2) is 12.5 Å². The van der Waals surface area contributed by atoms with Crippen molar-refractivity contribution >= 4 is 11.8 Å². The van der Waals surface area contributed by atoms with E-state index in [1.54, 1.807) is 0 Å². The van der Waals surface area contributed by atoms with Gasteiger partial charge in [0.15, 0.2) is 0 Å². The molecule has 19 heavy (non-hydrogen) atoms. The van der Waals surface area contributed by atoms with Crippen LogP contribution in [0, 0.1) is 5.92 Å². The topological polar surface area (TPSA) is 73.3 Å². The van der Waals surface area contributed by atoms with Crippen LogP contribution in [0.1, 0.15) is 31.1 Å². The van der Waals surface area contributed by atoms with Gasteiger partial charge in [0, 0.05) is 12.8 Å². The fourth-order valence-electron chi connectivity index (χ4n) is 1.53. The minimum absolute atomic E-state index is 0.0678. The molecule has 0 aliphatic rings. The lowest BCUT2D eigenvalue weighted by molar-refractivity contribution is 0.0600. The van der Waals surface area contributed by atoms with Crippen molar-refractivity contribution < 1.29 is 14.3 Å². The number of ether oxygens (including phenoxy) is 2. The van der Waals surface area contributed by atoms with Crippen LogP contribution in [0.4, 0.5) is 5.82 Å². The maximum atomic E-state index is 11.6. The van der Waals surface area contributed by atoms with Crippen LogP contribution in [0.2, 0.25) is 0 Å². The van der Waals surface area contributed by atoms with E-state index in [0.29, 0.717) is 30.5 Å². The molecule has 106 valence electrons. The van der Waals surface area contributed by atoms with Crippen molar-refractivity contribution in [1.29, 1.82) is 0 Å². The molecule has 6 nitrogen and oxygen atoms in total. The van der Waals surface area contributed by atoms with Gasteiger partial charge >= 0.3 is 5.97 Å². The molecule has 6 heteroatoms. The molecule has 0 radical (unpaired) electrons. The summed E-state index contributed by atoms with van der Waals surface area (Å²) in [5.74, 6) is 0.356. The lowest BCUT2D eigenvalue weighted by atomic mass is 10.1. The molecule has 1 aromatic rings. The number of hydrogen-bond donors (Lipinski definition) is 1. The van der Waals surface area contributed by atoms with E-state index >= 15 is 0 Å². The second-order valence-electron chi connectivity index (χ2n) is 4.43. The third-order valence-electron chi connectivity index (χ3n) is 2.75. The van der Waals surface area contributed by atoms with Gasteiger partial charge in [-0.25, -0.2) is 14.8 Å². The summed E-state index contributed by atoms with van der Waals surface area (Å²) < 4.78 is 10.1. The Balaban J connectivity index is 2.86. The number of aromatic nitrogens is 2. The summed E-state index contributed by atoms with van der Waals surface area (Å²) in [5.41, 5.74) is 0.326. The minimum Gasteiger partial charge on any atom is -0.465 e. The van der Waals surface area contributed by atoms with Crippen LogP contribution in [-0.4, -0.2) is 42.3 Å². The molecule has 0 aromatic carbocycles. The molecule has 0 bridgehead atoms. The average molecular weight is 267 g/mol. The standard InChI is InChI=1S/C13H21N3O3/c1-5-19-7-11(9(2)3)16-12-10(13(17)18-4)6-14-8-15-12/h6,8-9,11H,5,7H2,1-4H3,(H,14,15,16). The van der Waals surface area contributed by atoms with Gasteiger partial charge in [0.25, 0.3) is 0 Å². The number of nitrogens with one attached hydrogen (secondary N) is 1. The first-order valence-electron chi connectivity index (χ1n) is 6.32. The zero-order valence-electron chi connectivity index (χ0n) is 11.8. The van der Waals surface area contributed by atoms with Crippen molar-refractivity contribution in [2.75, 3.05) is 25.6 Å². The van der Waals surface area contributed by atoms with Crippen LogP contribution in [0.3, 0.4) is 0 Å². The zero-order valence-corrected chi connectivity index (χ0v) is 11.8. The Kier molecular flexibility index (Phi) is 6.21. The summed E-state index contributed by atoms with van der Waals surface area (Å²) in [5, 5.41) is 3.22. The van der Waals surface area contributed by atoms with E-state index in [2.05, 4.69) is 29.1 Å². The van der Waals surface area contributed by atoms with Crippen molar-refractivity contribution in [3.05, 3.63) is 18.1 Å². The zero-order chi connectivity index (χ0) is 14.3. The smallest absolute Gasteiger partial charge is 0.343 e. The lowest BCUT2D eigenvalue weighted by Gasteiger charge is -2.23. The maximum Gasteiger partial charge on any atom is 0.343 e. The number of esters is 1. The highest BCUT2D eigenvalue weighted by Gasteiger charge is 2.19. The van der Waals surface area contributed by atoms with Gasteiger partial charge in [0.1, 0.15) is 17.7 Å². The van der Waals surface area contributed by atoms with Crippen molar-refractivity contribution in [2.24, 2.45) is 5.92 Å². The summed E-state index contributed by atoms with van der Waals surface area (Å²) >= 11 is 0. The van der Waals surface area contributed by atoms with Gasteiger partial charge in [0.05, 0.1) is 19.8 Å². The molecular weight excluding hydrogens is 246 g/mol. The van der Waals surface area contributed by atoms with Gasteiger partial charge in [-0.1, -0.05) is 13.8 Å². The van der Waals surface area contributed by atoms with Gasteiger partial charge in [-0.15, -0.1) is 0 Å². The quantitative estimate of drug-likeness (QED) is 0.758. The molecule has 0 fully saturated rings. The van der Waals surface area contributed by atoms with E-state index in [1.807, 2.05) is 6.92 Å². The van der Waals surface area contributed by atoms with Crippen LogP contribution in [0.25, 0.3) is 0 Å². The van der Waals surface area contributed by atoms with Gasteiger partial charge < -0.3 is 14.8 Å². The molecule has 1 rings (SSSR count). The maximum absolute atomic E-state index is 11.6. The van der Waals surface area contributed by atoms with E-state index in [1.165, 1.54) is 19.6 Å². The van der Waals surface area contributed by atoms with Crippen LogP contribution in [-0.2, 0) is 9.47 Å². The first-order valence-corrected chi connectivity index (χ1v) is 6.32. The van der Waals surface area contributed by atoms with Crippen molar-refractivity contribution in [1.82, 2.24) is 9.97 Å². The van der Waals surface area contributed by atoms with Crippen molar-refractivity contribution in [3.8, 4) is 0 Å². The highest BCUT2D eigenvalue weighted by Crippen LogP contribution is 2.15. The van der Waals surface area contributed by atoms with Crippen molar-refractivity contribution in [2.45, 2.75) is 26.8 Å². The van der Waals surface area contributed by atoms with Crippen molar-refractivity contribution in [3.63, 3.8) is 0 Å². The Morgan fingerprint density at radius 3 is 2.79 bits per heavy atom. The minimum atomic E-state index is -0.456. The molecule has 0 aliphatic heterocycles. The highest BCUT2D eigenvalue weighted by molar-refractivity contribution is 5.94. The van der Waals surface area contributed by atoms with Gasteiger partial charge in [-0.3, -0.25) is 0 Å².